The predicted molar refractivity (Wildman–Crippen MR) is 61.5 cm³/mol. The summed E-state index contributed by atoms with van der Waals surface area (Å²) in [5, 5.41) is 6.11. The third kappa shape index (κ3) is 3.47. The zero-order valence-electron chi connectivity index (χ0n) is 9.97. The number of nitrogens with two attached hydrogens (primary N) is 1. The van der Waals surface area contributed by atoms with E-state index in [1.165, 1.54) is 0 Å². The zero-order valence-corrected chi connectivity index (χ0v) is 9.97. The topological polar surface area (TPSA) is 67.2 Å². The smallest absolute Gasteiger partial charge is 0.226 e. The average Bonchev–Trinajstić information content (AvgIpc) is 2.60. The predicted octanol–water partition coefficient (Wildman–Crippen LogP) is 0.228. The second-order valence-electron chi connectivity index (χ2n) is 5.11. The maximum atomic E-state index is 11.5. The molecule has 1 rings (SSSR count). The van der Waals surface area contributed by atoms with E-state index >= 15 is 0 Å². The van der Waals surface area contributed by atoms with E-state index in [-0.39, 0.29) is 11.3 Å². The average molecular weight is 213 g/mol. The number of hydrogen-bond acceptors (Lipinski definition) is 3. The Morgan fingerprint density at radius 1 is 1.47 bits per heavy atom. The van der Waals surface area contributed by atoms with Gasteiger partial charge in [0.25, 0.3) is 0 Å². The number of hydrogen-bond donors (Lipinski definition) is 3. The van der Waals surface area contributed by atoms with E-state index < -0.39 is 0 Å². The van der Waals surface area contributed by atoms with Crippen molar-refractivity contribution in [3.05, 3.63) is 0 Å². The summed E-state index contributed by atoms with van der Waals surface area (Å²) in [6.07, 6.45) is 3.26. The second kappa shape index (κ2) is 4.94. The molecule has 1 saturated carbocycles. The van der Waals surface area contributed by atoms with Crippen molar-refractivity contribution in [2.75, 3.05) is 13.6 Å². The van der Waals surface area contributed by atoms with Crippen molar-refractivity contribution >= 4 is 5.91 Å². The summed E-state index contributed by atoms with van der Waals surface area (Å²) in [6, 6.07) is 0.828. The Labute approximate surface area is 92.0 Å². The first-order chi connectivity index (χ1) is 6.95. The fourth-order valence-electron chi connectivity index (χ4n) is 2.02. The summed E-state index contributed by atoms with van der Waals surface area (Å²) in [5.41, 5.74) is 5.49. The van der Waals surface area contributed by atoms with Crippen LogP contribution in [-0.4, -0.2) is 31.6 Å². The van der Waals surface area contributed by atoms with Gasteiger partial charge in [0.15, 0.2) is 0 Å². The SMILES string of the molecule is CNC(=O)C(C)(C)CNC1CCC(N)C1. The molecule has 2 unspecified atom stereocenters. The summed E-state index contributed by atoms with van der Waals surface area (Å²) in [7, 11) is 1.68. The molecule has 4 N–H and O–H groups in total. The molecular weight excluding hydrogens is 190 g/mol. The van der Waals surface area contributed by atoms with Gasteiger partial charge < -0.3 is 16.4 Å². The Morgan fingerprint density at radius 2 is 2.13 bits per heavy atom. The van der Waals surface area contributed by atoms with Crippen LogP contribution in [0.25, 0.3) is 0 Å². The van der Waals surface area contributed by atoms with Crippen LogP contribution in [0, 0.1) is 5.41 Å². The molecule has 1 amide bonds. The number of nitrogens with one attached hydrogen (secondary N) is 2. The lowest BCUT2D eigenvalue weighted by Crippen LogP contribution is -2.44. The molecular formula is C11H23N3O. The van der Waals surface area contributed by atoms with E-state index in [0.29, 0.717) is 18.6 Å². The summed E-state index contributed by atoms with van der Waals surface area (Å²) in [6.45, 7) is 4.62. The molecule has 0 aromatic carbocycles. The quantitative estimate of drug-likeness (QED) is 0.626. The minimum Gasteiger partial charge on any atom is -0.359 e. The highest BCUT2D eigenvalue weighted by Gasteiger charge is 2.29. The number of carbonyl (C=O) groups excluding carboxylic acids is 1. The molecule has 0 spiro atoms. The van der Waals surface area contributed by atoms with Crippen LogP contribution in [0.4, 0.5) is 0 Å². The van der Waals surface area contributed by atoms with Gasteiger partial charge in [0, 0.05) is 25.7 Å². The first-order valence-electron chi connectivity index (χ1n) is 5.67. The van der Waals surface area contributed by atoms with E-state index in [2.05, 4.69) is 10.6 Å². The molecule has 0 heterocycles. The van der Waals surface area contributed by atoms with Crippen molar-refractivity contribution in [2.24, 2.45) is 11.1 Å². The molecule has 0 saturated heterocycles. The molecule has 0 aliphatic heterocycles. The first kappa shape index (κ1) is 12.5. The van der Waals surface area contributed by atoms with Gasteiger partial charge in [-0.1, -0.05) is 0 Å². The maximum Gasteiger partial charge on any atom is 0.226 e. The van der Waals surface area contributed by atoms with Gasteiger partial charge in [0.1, 0.15) is 0 Å². The van der Waals surface area contributed by atoms with Crippen LogP contribution < -0.4 is 16.4 Å². The molecule has 0 radical (unpaired) electrons. The Hall–Kier alpha value is -0.610. The van der Waals surface area contributed by atoms with Crippen LogP contribution in [0.15, 0.2) is 0 Å². The first-order valence-corrected chi connectivity index (χ1v) is 5.67. The molecule has 15 heavy (non-hydrogen) atoms. The van der Waals surface area contributed by atoms with Gasteiger partial charge in [-0.3, -0.25) is 4.79 Å². The van der Waals surface area contributed by atoms with Gasteiger partial charge in [-0.25, -0.2) is 0 Å². The Bertz CT molecular complexity index is 228. The highest BCUT2D eigenvalue weighted by molar-refractivity contribution is 5.81. The van der Waals surface area contributed by atoms with Crippen molar-refractivity contribution in [2.45, 2.75) is 45.2 Å². The summed E-state index contributed by atoms with van der Waals surface area (Å²) >= 11 is 0. The van der Waals surface area contributed by atoms with E-state index in [9.17, 15) is 4.79 Å². The van der Waals surface area contributed by atoms with Crippen molar-refractivity contribution in [1.82, 2.24) is 10.6 Å². The molecule has 2 atom stereocenters. The molecule has 4 heteroatoms. The Morgan fingerprint density at radius 3 is 2.60 bits per heavy atom. The van der Waals surface area contributed by atoms with Crippen molar-refractivity contribution < 1.29 is 4.79 Å². The van der Waals surface area contributed by atoms with Crippen LogP contribution in [0.1, 0.15) is 33.1 Å². The number of carbonyl (C=O) groups is 1. The fourth-order valence-corrected chi connectivity index (χ4v) is 2.02. The molecule has 4 nitrogen and oxygen atoms in total. The highest BCUT2D eigenvalue weighted by Crippen LogP contribution is 2.19. The van der Waals surface area contributed by atoms with Gasteiger partial charge in [-0.2, -0.15) is 0 Å². The summed E-state index contributed by atoms with van der Waals surface area (Å²) in [5.74, 6) is 0.0808. The molecule has 1 aliphatic carbocycles. The standard InChI is InChI=1S/C11H23N3O/c1-11(2,10(15)13-3)7-14-9-5-4-8(12)6-9/h8-9,14H,4-7,12H2,1-3H3,(H,13,15). The molecule has 1 fully saturated rings. The van der Waals surface area contributed by atoms with E-state index in [1.54, 1.807) is 7.05 Å². The van der Waals surface area contributed by atoms with Crippen molar-refractivity contribution in [3.63, 3.8) is 0 Å². The molecule has 0 aromatic rings. The minimum absolute atomic E-state index is 0.0808. The lowest BCUT2D eigenvalue weighted by molar-refractivity contribution is -0.128. The Balaban J connectivity index is 2.32. The van der Waals surface area contributed by atoms with Crippen LogP contribution in [0.2, 0.25) is 0 Å². The summed E-state index contributed by atoms with van der Waals surface area (Å²) < 4.78 is 0. The molecule has 1 aliphatic rings. The lowest BCUT2D eigenvalue weighted by atomic mass is 9.92. The van der Waals surface area contributed by atoms with Gasteiger partial charge in [-0.15, -0.1) is 0 Å². The lowest BCUT2D eigenvalue weighted by Gasteiger charge is -2.25. The van der Waals surface area contributed by atoms with Crippen LogP contribution >= 0.6 is 0 Å². The molecule has 0 bridgehead atoms. The normalized spacial score (nSPS) is 26.7. The van der Waals surface area contributed by atoms with Crippen molar-refractivity contribution in [1.29, 1.82) is 0 Å². The minimum atomic E-state index is -0.346. The number of amides is 1. The van der Waals surface area contributed by atoms with E-state index in [1.807, 2.05) is 13.8 Å². The van der Waals surface area contributed by atoms with Gasteiger partial charge in [-0.05, 0) is 33.1 Å². The van der Waals surface area contributed by atoms with Gasteiger partial charge in [0.05, 0.1) is 5.41 Å². The number of rotatable bonds is 4. The Kier molecular flexibility index (Phi) is 4.11. The molecule has 0 aromatic heterocycles. The molecule has 88 valence electrons. The van der Waals surface area contributed by atoms with E-state index in [0.717, 1.165) is 19.3 Å². The largest absolute Gasteiger partial charge is 0.359 e. The summed E-state index contributed by atoms with van der Waals surface area (Å²) in [4.78, 5) is 11.5. The second-order valence-corrected chi connectivity index (χ2v) is 5.11. The van der Waals surface area contributed by atoms with E-state index in [4.69, 9.17) is 5.73 Å². The van der Waals surface area contributed by atoms with Crippen LogP contribution in [-0.2, 0) is 4.79 Å². The van der Waals surface area contributed by atoms with Gasteiger partial charge in [0.2, 0.25) is 5.91 Å². The fraction of sp³-hybridized carbons (Fsp3) is 0.909. The monoisotopic (exact) mass is 213 g/mol. The van der Waals surface area contributed by atoms with Gasteiger partial charge >= 0.3 is 0 Å². The highest BCUT2D eigenvalue weighted by atomic mass is 16.2. The maximum absolute atomic E-state index is 11.5. The third-order valence-electron chi connectivity index (χ3n) is 3.15. The van der Waals surface area contributed by atoms with Crippen LogP contribution in [0.3, 0.4) is 0 Å². The van der Waals surface area contributed by atoms with Crippen LogP contribution in [0.5, 0.6) is 0 Å². The van der Waals surface area contributed by atoms with Crippen molar-refractivity contribution in [3.8, 4) is 0 Å². The zero-order chi connectivity index (χ0) is 11.5. The third-order valence-corrected chi connectivity index (χ3v) is 3.15.